The summed E-state index contributed by atoms with van der Waals surface area (Å²) in [6.07, 6.45) is -5.12. The Morgan fingerprint density at radius 2 is 1.74 bits per heavy atom. The van der Waals surface area contributed by atoms with E-state index in [0.29, 0.717) is 25.7 Å². The minimum Gasteiger partial charge on any atom is -0.370 e. The first-order valence-corrected chi connectivity index (χ1v) is 9.04. The molecule has 1 N–H and O–H groups in total. The van der Waals surface area contributed by atoms with E-state index in [1.807, 2.05) is 13.0 Å². The van der Waals surface area contributed by atoms with E-state index < -0.39 is 23.4 Å². The highest BCUT2D eigenvalue weighted by Crippen LogP contribution is 2.66. The number of allylic oxidation sites excluding steroid dienone is 3. The van der Waals surface area contributed by atoms with Crippen LogP contribution in [0.5, 0.6) is 0 Å². The Labute approximate surface area is 153 Å². The third-order valence-corrected chi connectivity index (χ3v) is 6.61. The van der Waals surface area contributed by atoms with Gasteiger partial charge in [-0.15, -0.1) is 0 Å². The molecule has 3 rings (SSSR count). The van der Waals surface area contributed by atoms with E-state index in [1.54, 1.807) is 0 Å². The Hall–Kier alpha value is -1.31. The van der Waals surface area contributed by atoms with E-state index in [0.717, 1.165) is 24.5 Å². The smallest absolute Gasteiger partial charge is 0.370 e. The Morgan fingerprint density at radius 3 is 2.26 bits per heavy atom. The molecule has 2 saturated carbocycles. The van der Waals surface area contributed by atoms with Gasteiger partial charge in [0.05, 0.1) is 0 Å². The van der Waals surface area contributed by atoms with Crippen molar-refractivity contribution in [2.24, 2.45) is 16.7 Å². The number of carbonyl (C=O) groups excluding carboxylic acids is 1. The van der Waals surface area contributed by atoms with Gasteiger partial charge in [0.1, 0.15) is 5.78 Å². The van der Waals surface area contributed by atoms with Crippen molar-refractivity contribution in [2.75, 3.05) is 0 Å². The number of hydrogen-bond donors (Lipinski definition) is 1. The molecule has 3 aliphatic rings. The minimum atomic E-state index is -5.85. The van der Waals surface area contributed by atoms with E-state index in [2.05, 4.69) is 0 Å². The average Bonchev–Trinajstić information content (AvgIpc) is 3.19. The number of halogens is 6. The van der Waals surface area contributed by atoms with Crippen molar-refractivity contribution in [3.05, 3.63) is 23.8 Å². The van der Waals surface area contributed by atoms with Crippen LogP contribution in [0.15, 0.2) is 23.8 Å². The molecule has 1 unspecified atom stereocenters. The van der Waals surface area contributed by atoms with Crippen LogP contribution in [0, 0.1) is 16.7 Å². The summed E-state index contributed by atoms with van der Waals surface area (Å²) in [6, 6.07) is 0. The molecule has 8 heteroatoms. The van der Waals surface area contributed by atoms with Crippen LogP contribution in [0.3, 0.4) is 0 Å². The van der Waals surface area contributed by atoms with Gasteiger partial charge in [0.15, 0.2) is 0 Å². The molecule has 0 bridgehead atoms. The summed E-state index contributed by atoms with van der Waals surface area (Å²) < 4.78 is 76.8. The molecule has 0 aromatic rings. The maximum Gasteiger partial charge on any atom is 0.429 e. The molecule has 0 amide bonds. The SMILES string of the molecule is C[C@]12CCCC(=O)C1CC=C2C1(C/C=C\C(O)(C(F)(F)F)C(F)(F)F)CC1. The molecule has 0 saturated heterocycles. The first kappa shape index (κ1) is 20.4. The zero-order valence-corrected chi connectivity index (χ0v) is 14.9. The molecule has 0 radical (unpaired) electrons. The van der Waals surface area contributed by atoms with Crippen molar-refractivity contribution >= 4 is 5.78 Å². The lowest BCUT2D eigenvalue weighted by atomic mass is 9.62. The van der Waals surface area contributed by atoms with Crippen LogP contribution in [0.25, 0.3) is 0 Å². The largest absolute Gasteiger partial charge is 0.429 e. The molecular weight excluding hydrogens is 374 g/mol. The molecule has 0 spiro atoms. The van der Waals surface area contributed by atoms with Crippen LogP contribution in [0.4, 0.5) is 26.3 Å². The summed E-state index contributed by atoms with van der Waals surface area (Å²) in [5, 5.41) is 9.24. The number of rotatable bonds is 4. The fourth-order valence-electron chi connectivity index (χ4n) is 4.88. The summed E-state index contributed by atoms with van der Waals surface area (Å²) in [6.45, 7) is 1.99. The van der Waals surface area contributed by atoms with E-state index in [-0.39, 0.29) is 29.6 Å². The van der Waals surface area contributed by atoms with Gasteiger partial charge in [-0.3, -0.25) is 4.79 Å². The first-order valence-electron chi connectivity index (χ1n) is 9.04. The maximum absolute atomic E-state index is 12.8. The molecule has 0 heterocycles. The number of Topliss-reactive ketones (excluding diaryl/α,β-unsaturated/α-hetero) is 1. The van der Waals surface area contributed by atoms with Crippen LogP contribution >= 0.6 is 0 Å². The van der Waals surface area contributed by atoms with Crippen molar-refractivity contribution in [3.8, 4) is 0 Å². The standard InChI is InChI=1S/C19H22F6O2/c1-15-7-2-4-13(26)12(15)5-6-14(15)16(10-11-16)8-3-9-17(27,18(20,21)22)19(23,24)25/h3,6,9,12,27H,2,4-5,7-8,10-11H2,1H3/b9-3-/t12?,15-/m0/s1. The molecular formula is C19H22F6O2. The first-order chi connectivity index (χ1) is 12.3. The van der Waals surface area contributed by atoms with E-state index in [9.17, 15) is 36.2 Å². The second-order valence-corrected chi connectivity index (χ2v) is 8.29. The van der Waals surface area contributed by atoms with Gasteiger partial charge in [0.25, 0.3) is 5.60 Å². The number of alkyl halides is 6. The highest BCUT2D eigenvalue weighted by molar-refractivity contribution is 5.84. The van der Waals surface area contributed by atoms with Crippen LogP contribution in [0.2, 0.25) is 0 Å². The Morgan fingerprint density at radius 1 is 1.15 bits per heavy atom. The Kier molecular flexibility index (Phi) is 4.61. The van der Waals surface area contributed by atoms with Crippen LogP contribution in [0.1, 0.15) is 51.9 Å². The lowest BCUT2D eigenvalue weighted by Crippen LogP contribution is -2.55. The highest BCUT2D eigenvalue weighted by atomic mass is 19.4. The van der Waals surface area contributed by atoms with E-state index in [1.165, 1.54) is 0 Å². The molecule has 152 valence electrons. The second kappa shape index (κ2) is 6.09. The summed E-state index contributed by atoms with van der Waals surface area (Å²) in [4.78, 5) is 12.2. The van der Waals surface area contributed by atoms with Gasteiger partial charge < -0.3 is 5.11 Å². The zero-order valence-electron chi connectivity index (χ0n) is 14.9. The fourth-order valence-corrected chi connectivity index (χ4v) is 4.88. The number of carbonyl (C=O) groups is 1. The molecule has 2 fully saturated rings. The lowest BCUT2D eigenvalue weighted by molar-refractivity contribution is -0.347. The predicted molar refractivity (Wildman–Crippen MR) is 85.6 cm³/mol. The van der Waals surface area contributed by atoms with E-state index >= 15 is 0 Å². The molecule has 0 aliphatic heterocycles. The molecule has 0 aromatic carbocycles. The average molecular weight is 396 g/mol. The quantitative estimate of drug-likeness (QED) is 0.519. The molecule has 0 aromatic heterocycles. The Bertz CT molecular complexity index is 669. The summed E-state index contributed by atoms with van der Waals surface area (Å²) in [7, 11) is 0. The zero-order chi connectivity index (χ0) is 20.3. The maximum atomic E-state index is 12.8. The van der Waals surface area contributed by atoms with Crippen molar-refractivity contribution in [2.45, 2.75) is 69.8 Å². The van der Waals surface area contributed by atoms with Crippen molar-refractivity contribution in [3.63, 3.8) is 0 Å². The number of ketones is 1. The van der Waals surface area contributed by atoms with Crippen LogP contribution < -0.4 is 0 Å². The predicted octanol–water partition coefficient (Wildman–Crippen LogP) is 5.27. The van der Waals surface area contributed by atoms with Gasteiger partial charge in [0.2, 0.25) is 0 Å². The van der Waals surface area contributed by atoms with Crippen molar-refractivity contribution < 1.29 is 36.2 Å². The van der Waals surface area contributed by atoms with Gasteiger partial charge in [-0.1, -0.05) is 24.6 Å². The van der Waals surface area contributed by atoms with Crippen molar-refractivity contribution in [1.29, 1.82) is 0 Å². The summed E-state index contributed by atoms with van der Waals surface area (Å²) in [5.41, 5.74) is -4.70. The summed E-state index contributed by atoms with van der Waals surface area (Å²) >= 11 is 0. The van der Waals surface area contributed by atoms with Gasteiger partial charge in [0, 0.05) is 12.3 Å². The second-order valence-electron chi connectivity index (χ2n) is 8.29. The van der Waals surface area contributed by atoms with Crippen LogP contribution in [-0.4, -0.2) is 28.8 Å². The van der Waals surface area contributed by atoms with Gasteiger partial charge in [-0.05, 0) is 55.4 Å². The van der Waals surface area contributed by atoms with E-state index in [4.69, 9.17) is 0 Å². The van der Waals surface area contributed by atoms with Crippen molar-refractivity contribution in [1.82, 2.24) is 0 Å². The molecule has 2 atom stereocenters. The highest BCUT2D eigenvalue weighted by Gasteiger charge is 2.69. The van der Waals surface area contributed by atoms with Crippen LogP contribution in [-0.2, 0) is 4.79 Å². The number of hydrogen-bond acceptors (Lipinski definition) is 2. The fraction of sp³-hybridized carbons (Fsp3) is 0.737. The topological polar surface area (TPSA) is 37.3 Å². The minimum absolute atomic E-state index is 0.0101. The molecule has 2 nitrogen and oxygen atoms in total. The Balaban J connectivity index is 1.80. The summed E-state index contributed by atoms with van der Waals surface area (Å²) in [5.74, 6) is 0.0508. The van der Waals surface area contributed by atoms with Gasteiger partial charge in [-0.2, -0.15) is 26.3 Å². The monoisotopic (exact) mass is 396 g/mol. The molecule has 27 heavy (non-hydrogen) atoms. The van der Waals surface area contributed by atoms with Gasteiger partial charge >= 0.3 is 12.4 Å². The van der Waals surface area contributed by atoms with Gasteiger partial charge in [-0.25, -0.2) is 0 Å². The lowest BCUT2D eigenvalue weighted by Gasteiger charge is -2.41. The third-order valence-electron chi connectivity index (χ3n) is 6.61. The number of aliphatic hydroxyl groups is 1. The third kappa shape index (κ3) is 3.13. The molecule has 3 aliphatic carbocycles. The normalized spacial score (nSPS) is 31.2. The number of fused-ring (bicyclic) bond motifs is 1.